The number of aliphatic hydroxyl groups is 1. The highest BCUT2D eigenvalue weighted by Crippen LogP contribution is 2.35. The largest absolute Gasteiger partial charge is 0.385 e. The van der Waals surface area contributed by atoms with Crippen molar-refractivity contribution in [1.82, 2.24) is 0 Å². The fourth-order valence-electron chi connectivity index (χ4n) is 1.81. The van der Waals surface area contributed by atoms with E-state index in [1.54, 1.807) is 13.8 Å². The molecule has 90 valence electrons. The van der Waals surface area contributed by atoms with Gasteiger partial charge in [0.25, 0.3) is 0 Å². The second-order valence-corrected chi connectivity index (χ2v) is 4.27. The minimum Gasteiger partial charge on any atom is -0.385 e. The first-order chi connectivity index (χ1) is 6.82. The third-order valence-electron chi connectivity index (χ3n) is 2.76. The zero-order chi connectivity index (χ0) is 11.8. The topological polar surface area (TPSA) is 81.5 Å². The highest BCUT2D eigenvalue weighted by Gasteiger charge is 2.56. The molecule has 0 aromatic rings. The molecule has 1 aliphatic rings. The zero-order valence-corrected chi connectivity index (χ0v) is 8.86. The maximum absolute atomic E-state index is 13.4. The van der Waals surface area contributed by atoms with Crippen molar-refractivity contribution in [1.29, 1.82) is 0 Å². The monoisotopic (exact) mass is 224 g/mol. The van der Waals surface area contributed by atoms with Gasteiger partial charge in [-0.05, 0) is 5.92 Å². The first-order valence-electron chi connectivity index (χ1n) is 4.99. The van der Waals surface area contributed by atoms with Gasteiger partial charge in [0.05, 0.1) is 12.1 Å². The lowest BCUT2D eigenvalue weighted by atomic mass is 9.87. The molecule has 1 aliphatic heterocycles. The first kappa shape index (κ1) is 12.8. The average molecular weight is 224 g/mol. The highest BCUT2D eigenvalue weighted by molar-refractivity contribution is 5.00. The molecule has 0 bridgehead atoms. The Balaban J connectivity index is 2.88. The van der Waals surface area contributed by atoms with Crippen LogP contribution in [-0.4, -0.2) is 41.9 Å². The van der Waals surface area contributed by atoms with E-state index in [0.717, 1.165) is 0 Å². The van der Waals surface area contributed by atoms with Crippen LogP contribution in [0.1, 0.15) is 13.8 Å². The molecule has 4 nitrogen and oxygen atoms in total. The summed E-state index contributed by atoms with van der Waals surface area (Å²) < 4.78 is 32.0. The smallest absolute Gasteiger partial charge is 0.301 e. The number of rotatable bonds is 2. The Morgan fingerprint density at radius 2 is 2.00 bits per heavy atom. The summed E-state index contributed by atoms with van der Waals surface area (Å²) in [6.45, 7) is 3.27. The Kier molecular flexibility index (Phi) is 3.65. The summed E-state index contributed by atoms with van der Waals surface area (Å²) in [4.78, 5) is 0. The minimum atomic E-state index is -3.38. The van der Waals surface area contributed by atoms with Crippen molar-refractivity contribution in [2.24, 2.45) is 17.4 Å². The summed E-state index contributed by atoms with van der Waals surface area (Å²) in [7, 11) is 0. The van der Waals surface area contributed by atoms with Crippen LogP contribution >= 0.6 is 0 Å². The summed E-state index contributed by atoms with van der Waals surface area (Å²) in [6, 6.07) is -1.08. The van der Waals surface area contributed by atoms with Gasteiger partial charge in [-0.1, -0.05) is 13.8 Å². The molecule has 1 rings (SSSR count). The van der Waals surface area contributed by atoms with Crippen molar-refractivity contribution in [3.8, 4) is 0 Å². The van der Waals surface area contributed by atoms with Gasteiger partial charge in [-0.15, -0.1) is 0 Å². The molecule has 0 saturated carbocycles. The van der Waals surface area contributed by atoms with Crippen LogP contribution in [0.3, 0.4) is 0 Å². The molecule has 1 saturated heterocycles. The van der Waals surface area contributed by atoms with E-state index in [2.05, 4.69) is 0 Å². The third kappa shape index (κ3) is 2.13. The number of hydrogen-bond donors (Lipinski definition) is 3. The van der Waals surface area contributed by atoms with Crippen LogP contribution in [0.15, 0.2) is 0 Å². The number of nitrogens with two attached hydrogens (primary N) is 2. The van der Waals surface area contributed by atoms with Gasteiger partial charge in [0.15, 0.2) is 0 Å². The van der Waals surface area contributed by atoms with E-state index in [1.165, 1.54) is 0 Å². The summed E-state index contributed by atoms with van der Waals surface area (Å²) in [5.41, 5.74) is 10.7. The molecule has 0 radical (unpaired) electrons. The molecule has 0 aliphatic carbocycles. The summed E-state index contributed by atoms with van der Waals surface area (Å²) >= 11 is 0. The van der Waals surface area contributed by atoms with Crippen molar-refractivity contribution in [3.63, 3.8) is 0 Å². The number of alkyl halides is 2. The fourth-order valence-corrected chi connectivity index (χ4v) is 1.81. The molecule has 4 atom stereocenters. The van der Waals surface area contributed by atoms with E-state index in [4.69, 9.17) is 16.2 Å². The van der Waals surface area contributed by atoms with Gasteiger partial charge in [0, 0.05) is 6.54 Å². The predicted molar refractivity (Wildman–Crippen MR) is 51.5 cm³/mol. The van der Waals surface area contributed by atoms with E-state index in [1.807, 2.05) is 0 Å². The Hall–Kier alpha value is -0.300. The third-order valence-corrected chi connectivity index (χ3v) is 2.76. The molecule has 0 unspecified atom stereocenters. The van der Waals surface area contributed by atoms with E-state index < -0.39 is 30.3 Å². The zero-order valence-electron chi connectivity index (χ0n) is 8.86. The highest BCUT2D eigenvalue weighted by atomic mass is 19.3. The van der Waals surface area contributed by atoms with Crippen molar-refractivity contribution >= 4 is 0 Å². The second kappa shape index (κ2) is 4.29. The van der Waals surface area contributed by atoms with Crippen LogP contribution < -0.4 is 11.5 Å². The maximum Gasteiger partial charge on any atom is 0.301 e. The SMILES string of the molecule is CC(C)[C@H]1O[C@H](CN)C(F)(F)[C@H](O)[C@H]1N. The molecule has 0 aromatic carbocycles. The molecule has 6 heteroatoms. The van der Waals surface area contributed by atoms with Crippen LogP contribution in [0.5, 0.6) is 0 Å². The molecule has 15 heavy (non-hydrogen) atoms. The van der Waals surface area contributed by atoms with Gasteiger partial charge in [0.1, 0.15) is 12.2 Å². The van der Waals surface area contributed by atoms with E-state index in [0.29, 0.717) is 0 Å². The number of halogens is 2. The lowest BCUT2D eigenvalue weighted by Gasteiger charge is -2.44. The molecular weight excluding hydrogens is 206 g/mol. The second-order valence-electron chi connectivity index (χ2n) is 4.27. The van der Waals surface area contributed by atoms with Crippen LogP contribution in [0, 0.1) is 5.92 Å². The Bertz CT molecular complexity index is 220. The molecule has 1 heterocycles. The molecular formula is C9H18F2N2O2. The number of aliphatic hydroxyl groups excluding tert-OH is 1. The number of ether oxygens (including phenoxy) is 1. The Morgan fingerprint density at radius 3 is 2.40 bits per heavy atom. The summed E-state index contributed by atoms with van der Waals surface area (Å²) in [5, 5.41) is 9.42. The Morgan fingerprint density at radius 1 is 1.47 bits per heavy atom. The molecule has 0 spiro atoms. The lowest BCUT2D eigenvalue weighted by Crippen LogP contribution is -2.67. The first-order valence-corrected chi connectivity index (χ1v) is 4.99. The number of hydrogen-bond acceptors (Lipinski definition) is 4. The van der Waals surface area contributed by atoms with Crippen LogP contribution in [0.4, 0.5) is 8.78 Å². The standard InChI is InChI=1S/C9H18F2N2O2/c1-4(2)7-6(13)8(14)9(10,11)5(3-12)15-7/h4-8,14H,3,12-13H2,1-2H3/t5-,6+,7-,8-/m1/s1. The van der Waals surface area contributed by atoms with Crippen molar-refractivity contribution in [2.45, 2.75) is 44.1 Å². The van der Waals surface area contributed by atoms with Crippen LogP contribution in [-0.2, 0) is 4.74 Å². The van der Waals surface area contributed by atoms with Crippen molar-refractivity contribution < 1.29 is 18.6 Å². The van der Waals surface area contributed by atoms with E-state index >= 15 is 0 Å². The van der Waals surface area contributed by atoms with E-state index in [-0.39, 0.29) is 12.5 Å². The maximum atomic E-state index is 13.4. The average Bonchev–Trinajstić information content (AvgIpc) is 2.14. The molecule has 0 aromatic heterocycles. The quantitative estimate of drug-likeness (QED) is 0.601. The van der Waals surface area contributed by atoms with Crippen molar-refractivity contribution in [3.05, 3.63) is 0 Å². The molecule has 5 N–H and O–H groups in total. The Labute approximate surface area is 87.6 Å². The van der Waals surface area contributed by atoms with Crippen LogP contribution in [0.2, 0.25) is 0 Å². The van der Waals surface area contributed by atoms with Crippen molar-refractivity contribution in [2.75, 3.05) is 6.54 Å². The minimum absolute atomic E-state index is 0.0419. The van der Waals surface area contributed by atoms with Gasteiger partial charge < -0.3 is 21.3 Å². The van der Waals surface area contributed by atoms with Gasteiger partial charge >= 0.3 is 5.92 Å². The van der Waals surface area contributed by atoms with Gasteiger partial charge in [0.2, 0.25) is 0 Å². The van der Waals surface area contributed by atoms with E-state index in [9.17, 15) is 13.9 Å². The normalized spacial score (nSPS) is 40.8. The molecule has 0 amide bonds. The lowest BCUT2D eigenvalue weighted by molar-refractivity contribution is -0.260. The van der Waals surface area contributed by atoms with Gasteiger partial charge in [-0.2, -0.15) is 0 Å². The van der Waals surface area contributed by atoms with Gasteiger partial charge in [-0.25, -0.2) is 8.78 Å². The fraction of sp³-hybridized carbons (Fsp3) is 1.00. The molecule has 1 fully saturated rings. The predicted octanol–water partition coefficient (Wildman–Crippen LogP) is -0.308. The summed E-state index contributed by atoms with van der Waals surface area (Å²) in [5.74, 6) is -3.42. The van der Waals surface area contributed by atoms with Crippen LogP contribution in [0.25, 0.3) is 0 Å². The van der Waals surface area contributed by atoms with Gasteiger partial charge in [-0.3, -0.25) is 0 Å². The summed E-state index contributed by atoms with van der Waals surface area (Å²) in [6.07, 6.45) is -3.94.